The molecule has 5 rings (SSSR count). The van der Waals surface area contributed by atoms with Crippen LogP contribution in [0, 0.1) is 0 Å². The fraction of sp³-hybridized carbons (Fsp3) is 0.231. The van der Waals surface area contributed by atoms with Gasteiger partial charge in [0.1, 0.15) is 19.0 Å². The van der Waals surface area contributed by atoms with E-state index in [-0.39, 0.29) is 11.6 Å². The van der Waals surface area contributed by atoms with E-state index in [0.717, 1.165) is 17.9 Å². The molecule has 8 heteroatoms. The highest BCUT2D eigenvalue weighted by Gasteiger charge is 2.27. The Morgan fingerprint density at radius 2 is 1.91 bits per heavy atom. The molecule has 0 atom stereocenters. The Bertz CT molecular complexity index is 1320. The Morgan fingerprint density at radius 3 is 2.82 bits per heavy atom. The van der Waals surface area contributed by atoms with Crippen LogP contribution in [0.5, 0.6) is 11.5 Å². The molecular weight excluding hydrogens is 450 g/mol. The lowest BCUT2D eigenvalue weighted by Crippen LogP contribution is -2.46. The fourth-order valence-corrected chi connectivity index (χ4v) is 5.28. The van der Waals surface area contributed by atoms with Gasteiger partial charge in [-0.15, -0.1) is 11.8 Å². The molecule has 0 unspecified atom stereocenters. The summed E-state index contributed by atoms with van der Waals surface area (Å²) in [7, 11) is 0. The normalized spacial score (nSPS) is 14.7. The number of rotatable bonds is 6. The Kier molecular flexibility index (Phi) is 6.31. The first-order valence-corrected chi connectivity index (χ1v) is 12.2. The zero-order valence-corrected chi connectivity index (χ0v) is 19.4. The quantitative estimate of drug-likeness (QED) is 0.529. The molecule has 2 N–H and O–H groups in total. The third-order valence-electron chi connectivity index (χ3n) is 6.02. The number of fused-ring (bicyclic) bond motifs is 3. The molecule has 3 aromatic rings. The van der Waals surface area contributed by atoms with Crippen LogP contribution in [0.25, 0.3) is 0 Å². The van der Waals surface area contributed by atoms with E-state index in [9.17, 15) is 14.7 Å². The van der Waals surface area contributed by atoms with Gasteiger partial charge < -0.3 is 20.2 Å². The third-order valence-corrected chi connectivity index (χ3v) is 7.18. The van der Waals surface area contributed by atoms with Crippen molar-refractivity contribution in [3.05, 3.63) is 99.5 Å². The first kappa shape index (κ1) is 22.2. The lowest BCUT2D eigenvalue weighted by Gasteiger charge is -2.30. The number of amides is 1. The highest BCUT2D eigenvalue weighted by atomic mass is 32.2. The van der Waals surface area contributed by atoms with Gasteiger partial charge in [-0.05, 0) is 29.7 Å². The maximum absolute atomic E-state index is 12.7. The standard InChI is InChI=1S/C26H25N3O4S/c30-21-11-13-29-24(25(21)31)26(32)28(17-27-29)12-4-1-5-14-33-22-9-6-8-19-16-34-23-10-3-2-7-18(23)15-20(19)22/h1-3,5-11,13,27,31H,4,12,14-17H2/b5-1-. The van der Waals surface area contributed by atoms with Crippen molar-refractivity contribution in [1.82, 2.24) is 9.58 Å². The number of carbonyl (C=O) groups is 1. The van der Waals surface area contributed by atoms with Crippen LogP contribution >= 0.6 is 11.8 Å². The monoisotopic (exact) mass is 475 g/mol. The topological polar surface area (TPSA) is 83.8 Å². The van der Waals surface area contributed by atoms with Crippen molar-refractivity contribution in [3.63, 3.8) is 0 Å². The van der Waals surface area contributed by atoms with Crippen LogP contribution in [-0.4, -0.2) is 40.4 Å². The molecule has 0 bridgehead atoms. The third kappa shape index (κ3) is 4.41. The van der Waals surface area contributed by atoms with E-state index in [4.69, 9.17) is 4.74 Å². The molecule has 0 saturated heterocycles. The average Bonchev–Trinajstić information content (AvgIpc) is 3.04. The minimum Gasteiger partial charge on any atom is -0.502 e. The Balaban J connectivity index is 1.17. The molecule has 0 spiro atoms. The SMILES string of the molecule is O=C1c2c(O)c(=O)ccn2NCN1CC/C=C\COc1cccc2c1Cc1ccccc1SC2. The molecule has 0 aliphatic carbocycles. The van der Waals surface area contributed by atoms with Gasteiger partial charge in [0, 0.05) is 41.4 Å². The molecule has 2 aliphatic rings. The molecule has 1 amide bonds. The van der Waals surface area contributed by atoms with Crippen molar-refractivity contribution in [2.45, 2.75) is 23.5 Å². The number of ether oxygens (including phenoxy) is 1. The first-order chi connectivity index (χ1) is 16.6. The average molecular weight is 476 g/mol. The molecule has 0 fully saturated rings. The zero-order chi connectivity index (χ0) is 23.5. The summed E-state index contributed by atoms with van der Waals surface area (Å²) in [6.45, 7) is 1.20. The summed E-state index contributed by atoms with van der Waals surface area (Å²) < 4.78 is 7.49. The molecule has 34 heavy (non-hydrogen) atoms. The number of carbonyl (C=O) groups excluding carboxylic acids is 1. The van der Waals surface area contributed by atoms with E-state index in [1.165, 1.54) is 38.5 Å². The van der Waals surface area contributed by atoms with Crippen LogP contribution < -0.4 is 15.6 Å². The van der Waals surface area contributed by atoms with Gasteiger partial charge in [0.2, 0.25) is 5.43 Å². The number of aromatic nitrogens is 1. The molecule has 7 nitrogen and oxygen atoms in total. The number of hydrogen-bond donors (Lipinski definition) is 2. The maximum atomic E-state index is 12.7. The Labute approximate surface area is 201 Å². The van der Waals surface area contributed by atoms with Gasteiger partial charge in [0.05, 0.1) is 0 Å². The highest BCUT2D eigenvalue weighted by Crippen LogP contribution is 2.37. The number of hydrogen-bond acceptors (Lipinski definition) is 6. The second kappa shape index (κ2) is 9.69. The molecule has 0 radical (unpaired) electrons. The predicted molar refractivity (Wildman–Crippen MR) is 132 cm³/mol. The van der Waals surface area contributed by atoms with Crippen LogP contribution in [0.4, 0.5) is 0 Å². The smallest absolute Gasteiger partial charge is 0.277 e. The second-order valence-corrected chi connectivity index (χ2v) is 9.19. The van der Waals surface area contributed by atoms with Crippen molar-refractivity contribution in [2.24, 2.45) is 0 Å². The summed E-state index contributed by atoms with van der Waals surface area (Å²) in [5, 5.41) is 9.98. The number of thioether (sulfide) groups is 1. The summed E-state index contributed by atoms with van der Waals surface area (Å²) >= 11 is 1.87. The second-order valence-electron chi connectivity index (χ2n) is 8.17. The zero-order valence-electron chi connectivity index (χ0n) is 18.6. The number of nitrogens with one attached hydrogen (secondary N) is 1. The minimum atomic E-state index is -0.568. The van der Waals surface area contributed by atoms with Crippen LogP contribution in [0.2, 0.25) is 0 Å². The van der Waals surface area contributed by atoms with E-state index in [0.29, 0.717) is 26.2 Å². The van der Waals surface area contributed by atoms with E-state index in [1.807, 2.05) is 36.0 Å². The molecular formula is C26H25N3O4S. The van der Waals surface area contributed by atoms with Gasteiger partial charge in [-0.2, -0.15) is 0 Å². The first-order valence-electron chi connectivity index (χ1n) is 11.2. The van der Waals surface area contributed by atoms with E-state index >= 15 is 0 Å². The van der Waals surface area contributed by atoms with Crippen LogP contribution in [0.3, 0.4) is 0 Å². The maximum Gasteiger partial charge on any atom is 0.277 e. The van der Waals surface area contributed by atoms with Crippen LogP contribution in [0.15, 0.2) is 76.6 Å². The predicted octanol–water partition coefficient (Wildman–Crippen LogP) is 3.73. The number of pyridine rings is 1. The fourth-order valence-electron chi connectivity index (χ4n) is 4.20. The van der Waals surface area contributed by atoms with Crippen LogP contribution in [0.1, 0.15) is 33.6 Å². The lowest BCUT2D eigenvalue weighted by molar-refractivity contribution is 0.0725. The number of nitrogens with zero attached hydrogens (tertiary/aromatic N) is 2. The van der Waals surface area contributed by atoms with Gasteiger partial charge in [-0.3, -0.25) is 14.3 Å². The van der Waals surface area contributed by atoms with Crippen molar-refractivity contribution in [3.8, 4) is 11.5 Å². The summed E-state index contributed by atoms with van der Waals surface area (Å²) in [6.07, 6.45) is 6.87. The summed E-state index contributed by atoms with van der Waals surface area (Å²) in [4.78, 5) is 27.2. The summed E-state index contributed by atoms with van der Waals surface area (Å²) in [5.41, 5.74) is 6.27. The Morgan fingerprint density at radius 1 is 1.06 bits per heavy atom. The molecule has 2 aliphatic heterocycles. The molecule has 3 heterocycles. The lowest BCUT2D eigenvalue weighted by atomic mass is 9.99. The van der Waals surface area contributed by atoms with Gasteiger partial charge in [0.25, 0.3) is 5.91 Å². The van der Waals surface area contributed by atoms with Crippen molar-refractivity contribution in [1.29, 1.82) is 0 Å². The van der Waals surface area contributed by atoms with Gasteiger partial charge in [-0.1, -0.05) is 42.5 Å². The summed E-state index contributed by atoms with van der Waals surface area (Å²) in [5.74, 6) is 0.940. The summed E-state index contributed by atoms with van der Waals surface area (Å²) in [6, 6.07) is 16.0. The highest BCUT2D eigenvalue weighted by molar-refractivity contribution is 7.98. The van der Waals surface area contributed by atoms with Crippen molar-refractivity contribution in [2.75, 3.05) is 25.2 Å². The van der Waals surface area contributed by atoms with E-state index in [2.05, 4.69) is 35.8 Å². The van der Waals surface area contributed by atoms with Gasteiger partial charge >= 0.3 is 0 Å². The van der Waals surface area contributed by atoms with Crippen LogP contribution in [-0.2, 0) is 12.2 Å². The van der Waals surface area contributed by atoms with Gasteiger partial charge in [-0.25, -0.2) is 0 Å². The Hall–Kier alpha value is -3.65. The van der Waals surface area contributed by atoms with Crippen molar-refractivity contribution < 1.29 is 14.6 Å². The number of benzene rings is 2. The minimum absolute atomic E-state index is 0.0319. The van der Waals surface area contributed by atoms with E-state index < -0.39 is 11.2 Å². The molecule has 0 saturated carbocycles. The van der Waals surface area contributed by atoms with Gasteiger partial charge in [0.15, 0.2) is 11.4 Å². The molecule has 2 aromatic carbocycles. The van der Waals surface area contributed by atoms with Crippen molar-refractivity contribution >= 4 is 17.7 Å². The number of aromatic hydroxyl groups is 1. The van der Waals surface area contributed by atoms with E-state index in [1.54, 1.807) is 4.90 Å². The molecule has 1 aromatic heterocycles. The molecule has 174 valence electrons. The largest absolute Gasteiger partial charge is 0.502 e.